The third-order valence-electron chi connectivity index (χ3n) is 3.44. The van der Waals surface area contributed by atoms with Crippen molar-refractivity contribution in [3.8, 4) is 5.75 Å². The highest BCUT2D eigenvalue weighted by molar-refractivity contribution is 9.10. The Kier molecular flexibility index (Phi) is 5.67. The number of anilines is 2. The Morgan fingerprint density at radius 3 is 2.64 bits per heavy atom. The van der Waals surface area contributed by atoms with Crippen molar-refractivity contribution >= 4 is 44.0 Å². The largest absolute Gasteiger partial charge is 0.495 e. The Labute approximate surface area is 158 Å². The van der Waals surface area contributed by atoms with E-state index in [-0.39, 0.29) is 5.91 Å². The number of para-hydroxylation sites is 2. The predicted molar refractivity (Wildman–Crippen MR) is 104 cm³/mol. The van der Waals surface area contributed by atoms with Crippen LogP contribution in [0.4, 0.5) is 10.8 Å². The van der Waals surface area contributed by atoms with E-state index in [0.717, 1.165) is 11.3 Å². The van der Waals surface area contributed by atoms with Gasteiger partial charge in [0, 0.05) is 6.54 Å². The molecule has 0 unspecified atom stereocenters. The van der Waals surface area contributed by atoms with E-state index in [1.54, 1.807) is 7.11 Å². The summed E-state index contributed by atoms with van der Waals surface area (Å²) < 4.78 is 5.83. The van der Waals surface area contributed by atoms with Crippen LogP contribution in [0.15, 0.2) is 59.2 Å². The van der Waals surface area contributed by atoms with Crippen molar-refractivity contribution in [1.29, 1.82) is 0 Å². The number of nitrogens with one attached hydrogen (secondary N) is 2. The first-order chi connectivity index (χ1) is 12.2. The molecule has 1 aromatic heterocycles. The molecule has 7 heteroatoms. The highest BCUT2D eigenvalue weighted by Gasteiger charge is 2.17. The van der Waals surface area contributed by atoms with Gasteiger partial charge in [-0.3, -0.25) is 4.79 Å². The lowest BCUT2D eigenvalue weighted by atomic mass is 10.2. The zero-order chi connectivity index (χ0) is 17.6. The minimum Gasteiger partial charge on any atom is -0.495 e. The Hall–Kier alpha value is -2.38. The number of carbonyl (C=O) groups excluding carboxylic acids is 1. The fourth-order valence-corrected chi connectivity index (χ4v) is 3.72. The fraction of sp³-hybridized carbons (Fsp3) is 0.111. The first-order valence-electron chi connectivity index (χ1n) is 7.56. The van der Waals surface area contributed by atoms with Crippen LogP contribution in [0.5, 0.6) is 5.75 Å². The molecular weight excluding hydrogens is 402 g/mol. The predicted octanol–water partition coefficient (Wildman–Crippen LogP) is 4.59. The van der Waals surface area contributed by atoms with Crippen LogP contribution in [0.3, 0.4) is 0 Å². The molecule has 0 atom stereocenters. The molecule has 0 radical (unpaired) electrons. The molecule has 3 rings (SSSR count). The van der Waals surface area contributed by atoms with E-state index >= 15 is 0 Å². The van der Waals surface area contributed by atoms with E-state index in [9.17, 15) is 4.79 Å². The number of halogens is 1. The van der Waals surface area contributed by atoms with E-state index < -0.39 is 0 Å². The van der Waals surface area contributed by atoms with Crippen LogP contribution in [0, 0.1) is 0 Å². The van der Waals surface area contributed by atoms with Crippen LogP contribution < -0.4 is 15.4 Å². The molecule has 0 aliphatic heterocycles. The SMILES string of the molecule is COc1ccccc1Nc1nc(Br)c(C(=O)NCc2ccccc2)s1. The maximum absolute atomic E-state index is 12.4. The van der Waals surface area contributed by atoms with Gasteiger partial charge in [-0.2, -0.15) is 0 Å². The summed E-state index contributed by atoms with van der Waals surface area (Å²) in [6.07, 6.45) is 0. The highest BCUT2D eigenvalue weighted by atomic mass is 79.9. The summed E-state index contributed by atoms with van der Waals surface area (Å²) in [6, 6.07) is 17.3. The fourth-order valence-electron chi connectivity index (χ4n) is 2.22. The van der Waals surface area contributed by atoms with Gasteiger partial charge >= 0.3 is 0 Å². The summed E-state index contributed by atoms with van der Waals surface area (Å²) >= 11 is 4.64. The van der Waals surface area contributed by atoms with E-state index in [1.165, 1.54) is 11.3 Å². The van der Waals surface area contributed by atoms with E-state index in [4.69, 9.17) is 4.74 Å². The van der Waals surface area contributed by atoms with E-state index in [0.29, 0.717) is 26.9 Å². The van der Waals surface area contributed by atoms with Crippen molar-refractivity contribution in [3.63, 3.8) is 0 Å². The number of hydrogen-bond donors (Lipinski definition) is 2. The number of hydrogen-bond acceptors (Lipinski definition) is 5. The summed E-state index contributed by atoms with van der Waals surface area (Å²) in [7, 11) is 1.61. The molecule has 0 spiro atoms. The average molecular weight is 418 g/mol. The number of amides is 1. The van der Waals surface area contributed by atoms with Crippen LogP contribution in [0.1, 0.15) is 15.2 Å². The summed E-state index contributed by atoms with van der Waals surface area (Å²) in [5.74, 6) is 0.546. The van der Waals surface area contributed by atoms with Crippen LogP contribution in [0.2, 0.25) is 0 Å². The first-order valence-corrected chi connectivity index (χ1v) is 9.17. The van der Waals surface area contributed by atoms with Gasteiger partial charge in [-0.1, -0.05) is 53.8 Å². The number of methoxy groups -OCH3 is 1. The van der Waals surface area contributed by atoms with Crippen molar-refractivity contribution in [2.75, 3.05) is 12.4 Å². The second-order valence-electron chi connectivity index (χ2n) is 5.13. The van der Waals surface area contributed by atoms with E-state index in [2.05, 4.69) is 31.5 Å². The number of rotatable bonds is 6. The Balaban J connectivity index is 1.70. The molecule has 2 aromatic carbocycles. The third kappa shape index (κ3) is 4.37. The molecule has 0 saturated carbocycles. The summed E-state index contributed by atoms with van der Waals surface area (Å²) in [6.45, 7) is 0.472. The third-order valence-corrected chi connectivity index (χ3v) is 5.24. The second-order valence-corrected chi connectivity index (χ2v) is 6.88. The summed E-state index contributed by atoms with van der Waals surface area (Å²) in [5.41, 5.74) is 1.84. The van der Waals surface area contributed by atoms with Gasteiger partial charge in [-0.05, 0) is 33.6 Å². The Bertz CT molecular complexity index is 868. The van der Waals surface area contributed by atoms with Crippen molar-refractivity contribution in [2.24, 2.45) is 0 Å². The van der Waals surface area contributed by atoms with Gasteiger partial charge in [-0.25, -0.2) is 4.98 Å². The molecule has 25 heavy (non-hydrogen) atoms. The van der Waals surface area contributed by atoms with Gasteiger partial charge in [0.2, 0.25) is 0 Å². The maximum Gasteiger partial charge on any atom is 0.264 e. The zero-order valence-corrected chi connectivity index (χ0v) is 15.9. The minimum absolute atomic E-state index is 0.165. The van der Waals surface area contributed by atoms with Crippen molar-refractivity contribution < 1.29 is 9.53 Å². The van der Waals surface area contributed by atoms with Gasteiger partial charge in [0.1, 0.15) is 15.2 Å². The average Bonchev–Trinajstić information content (AvgIpc) is 3.01. The van der Waals surface area contributed by atoms with Gasteiger partial charge in [0.05, 0.1) is 12.8 Å². The van der Waals surface area contributed by atoms with Crippen LogP contribution >= 0.6 is 27.3 Å². The van der Waals surface area contributed by atoms with Gasteiger partial charge in [-0.15, -0.1) is 0 Å². The number of aromatic nitrogens is 1. The molecule has 1 heterocycles. The smallest absolute Gasteiger partial charge is 0.264 e. The number of ether oxygens (including phenoxy) is 1. The van der Waals surface area contributed by atoms with Crippen molar-refractivity contribution in [3.05, 3.63) is 69.6 Å². The molecule has 0 fully saturated rings. The molecule has 1 amide bonds. The van der Waals surface area contributed by atoms with Crippen LogP contribution in [-0.4, -0.2) is 18.0 Å². The number of thiazole rings is 1. The lowest BCUT2D eigenvalue weighted by Crippen LogP contribution is -2.22. The highest BCUT2D eigenvalue weighted by Crippen LogP contribution is 2.32. The zero-order valence-electron chi connectivity index (χ0n) is 13.5. The first kappa shape index (κ1) is 17.4. The molecular formula is C18H16BrN3O2S. The molecule has 5 nitrogen and oxygen atoms in total. The topological polar surface area (TPSA) is 63.2 Å². The van der Waals surface area contributed by atoms with Gasteiger partial charge < -0.3 is 15.4 Å². The maximum atomic E-state index is 12.4. The minimum atomic E-state index is -0.165. The molecule has 0 aliphatic rings. The Morgan fingerprint density at radius 1 is 1.16 bits per heavy atom. The molecule has 0 saturated heterocycles. The lowest BCUT2D eigenvalue weighted by molar-refractivity contribution is 0.0954. The number of carbonyl (C=O) groups is 1. The van der Waals surface area contributed by atoms with Crippen molar-refractivity contribution in [2.45, 2.75) is 6.54 Å². The summed E-state index contributed by atoms with van der Waals surface area (Å²) in [5, 5.41) is 6.70. The van der Waals surface area contributed by atoms with Crippen molar-refractivity contribution in [1.82, 2.24) is 10.3 Å². The lowest BCUT2D eigenvalue weighted by Gasteiger charge is -2.07. The van der Waals surface area contributed by atoms with Gasteiger partial charge in [0.15, 0.2) is 5.13 Å². The van der Waals surface area contributed by atoms with E-state index in [1.807, 2.05) is 54.6 Å². The standard InChI is InChI=1S/C18H16BrN3O2S/c1-24-14-10-6-5-9-13(14)21-18-22-16(19)15(25-18)17(23)20-11-12-7-3-2-4-8-12/h2-10H,11H2,1H3,(H,20,23)(H,21,22). The van der Waals surface area contributed by atoms with Crippen LogP contribution in [-0.2, 0) is 6.54 Å². The quantitative estimate of drug-likeness (QED) is 0.615. The molecule has 128 valence electrons. The second kappa shape index (κ2) is 8.13. The molecule has 2 N–H and O–H groups in total. The Morgan fingerprint density at radius 2 is 1.88 bits per heavy atom. The number of nitrogens with zero attached hydrogens (tertiary/aromatic N) is 1. The van der Waals surface area contributed by atoms with Gasteiger partial charge in [0.25, 0.3) is 5.91 Å². The molecule has 0 aliphatic carbocycles. The molecule has 0 bridgehead atoms. The number of benzene rings is 2. The monoisotopic (exact) mass is 417 g/mol. The normalized spacial score (nSPS) is 10.3. The summed E-state index contributed by atoms with van der Waals surface area (Å²) in [4.78, 5) is 17.3. The van der Waals surface area contributed by atoms with Crippen LogP contribution in [0.25, 0.3) is 0 Å². The molecule has 3 aromatic rings.